The number of nitrogens with zero attached hydrogens (tertiary/aromatic N) is 1. The molecule has 0 fully saturated rings. The Morgan fingerprint density at radius 1 is 0.789 bits per heavy atom. The number of aromatic nitrogens is 2. The number of nitrogens with one attached hydrogen (secondary N) is 1. The fourth-order valence-corrected chi connectivity index (χ4v) is 2.17. The summed E-state index contributed by atoms with van der Waals surface area (Å²) >= 11 is 0. The number of aryl methyl sites for hydroxylation is 2. The van der Waals surface area contributed by atoms with E-state index in [1.54, 1.807) is 0 Å². The Kier molecular flexibility index (Phi) is 3.41. The zero-order chi connectivity index (χ0) is 12.9. The van der Waals surface area contributed by atoms with Crippen LogP contribution >= 0.6 is 0 Å². The van der Waals surface area contributed by atoms with Gasteiger partial charge in [0, 0.05) is 0 Å². The van der Waals surface area contributed by atoms with Crippen LogP contribution in [0.15, 0.2) is 66.7 Å². The second kappa shape index (κ2) is 5.53. The number of aromatic amines is 1. The van der Waals surface area contributed by atoms with Crippen molar-refractivity contribution in [3.05, 3.63) is 78.0 Å². The monoisotopic (exact) mass is 248 g/mol. The molecule has 3 aromatic rings. The summed E-state index contributed by atoms with van der Waals surface area (Å²) in [7, 11) is 0. The molecule has 0 atom stereocenters. The largest absolute Gasteiger partial charge is 0.278 e. The first-order valence-corrected chi connectivity index (χ1v) is 6.55. The maximum atomic E-state index is 4.38. The third-order valence-corrected chi connectivity index (χ3v) is 3.23. The van der Waals surface area contributed by atoms with Gasteiger partial charge in [0.2, 0.25) is 0 Å². The molecule has 3 rings (SSSR count). The number of benzene rings is 2. The molecule has 0 saturated carbocycles. The van der Waals surface area contributed by atoms with E-state index in [2.05, 4.69) is 52.7 Å². The summed E-state index contributed by atoms with van der Waals surface area (Å²) < 4.78 is 0. The van der Waals surface area contributed by atoms with Crippen molar-refractivity contribution in [3.8, 4) is 11.3 Å². The lowest BCUT2D eigenvalue weighted by Crippen LogP contribution is -1.90. The van der Waals surface area contributed by atoms with Gasteiger partial charge in [-0.15, -0.1) is 0 Å². The summed E-state index contributed by atoms with van der Waals surface area (Å²) in [6.07, 6.45) is 1.99. The van der Waals surface area contributed by atoms with Crippen molar-refractivity contribution in [1.82, 2.24) is 10.2 Å². The molecule has 0 amide bonds. The fraction of sp³-hybridized carbons (Fsp3) is 0.118. The molecule has 19 heavy (non-hydrogen) atoms. The maximum Gasteiger partial charge on any atom is 0.0653 e. The molecule has 0 saturated heterocycles. The van der Waals surface area contributed by atoms with Crippen LogP contribution in [-0.2, 0) is 12.8 Å². The highest BCUT2D eigenvalue weighted by Gasteiger charge is 2.03. The normalized spacial score (nSPS) is 10.5. The summed E-state index contributed by atoms with van der Waals surface area (Å²) in [5.74, 6) is 0. The quantitative estimate of drug-likeness (QED) is 0.746. The highest BCUT2D eigenvalue weighted by Crippen LogP contribution is 2.17. The Bertz CT molecular complexity index is 627. The molecule has 1 heterocycles. The van der Waals surface area contributed by atoms with Gasteiger partial charge in [0.15, 0.2) is 0 Å². The Hall–Kier alpha value is -2.35. The zero-order valence-electron chi connectivity index (χ0n) is 10.7. The van der Waals surface area contributed by atoms with Gasteiger partial charge in [-0.2, -0.15) is 5.10 Å². The van der Waals surface area contributed by atoms with E-state index in [1.165, 1.54) is 11.1 Å². The number of H-pyrrole nitrogens is 1. The van der Waals surface area contributed by atoms with Crippen molar-refractivity contribution in [3.63, 3.8) is 0 Å². The molecule has 1 N–H and O–H groups in total. The van der Waals surface area contributed by atoms with Crippen LogP contribution in [0.2, 0.25) is 0 Å². The third kappa shape index (κ3) is 2.91. The second-order valence-electron chi connectivity index (χ2n) is 4.62. The van der Waals surface area contributed by atoms with Crippen LogP contribution in [0, 0.1) is 0 Å². The van der Waals surface area contributed by atoms with Crippen molar-refractivity contribution in [2.24, 2.45) is 0 Å². The van der Waals surface area contributed by atoms with Crippen molar-refractivity contribution in [2.45, 2.75) is 12.8 Å². The van der Waals surface area contributed by atoms with Gasteiger partial charge in [-0.1, -0.05) is 60.7 Å². The number of rotatable bonds is 4. The minimum absolute atomic E-state index is 0.966. The average molecular weight is 248 g/mol. The molecule has 0 spiro atoms. The van der Waals surface area contributed by atoms with Crippen molar-refractivity contribution >= 4 is 0 Å². The van der Waals surface area contributed by atoms with E-state index in [0.29, 0.717) is 0 Å². The first kappa shape index (κ1) is 11.7. The van der Waals surface area contributed by atoms with E-state index >= 15 is 0 Å². The minimum atomic E-state index is 0.966. The second-order valence-corrected chi connectivity index (χ2v) is 4.62. The van der Waals surface area contributed by atoms with Gasteiger partial charge in [-0.05, 0) is 30.0 Å². The SMILES string of the molecule is c1ccc(CCc2cc(-c3ccccc3)[nH]n2)cc1. The maximum absolute atomic E-state index is 4.38. The summed E-state index contributed by atoms with van der Waals surface area (Å²) in [5, 5.41) is 7.49. The van der Waals surface area contributed by atoms with Gasteiger partial charge in [-0.3, -0.25) is 5.10 Å². The van der Waals surface area contributed by atoms with Gasteiger partial charge in [0.1, 0.15) is 0 Å². The van der Waals surface area contributed by atoms with Gasteiger partial charge in [0.25, 0.3) is 0 Å². The molecule has 1 aromatic heterocycles. The number of hydrogen-bond donors (Lipinski definition) is 1. The van der Waals surface area contributed by atoms with E-state index in [1.807, 2.05) is 24.3 Å². The van der Waals surface area contributed by atoms with Gasteiger partial charge < -0.3 is 0 Å². The molecular weight excluding hydrogens is 232 g/mol. The van der Waals surface area contributed by atoms with E-state index in [-0.39, 0.29) is 0 Å². The molecule has 0 aliphatic heterocycles. The fourth-order valence-electron chi connectivity index (χ4n) is 2.17. The van der Waals surface area contributed by atoms with E-state index < -0.39 is 0 Å². The lowest BCUT2D eigenvalue weighted by Gasteiger charge is -1.97. The topological polar surface area (TPSA) is 28.7 Å². The molecule has 0 unspecified atom stereocenters. The van der Waals surface area contributed by atoms with Crippen LogP contribution in [0.25, 0.3) is 11.3 Å². The standard InChI is InChI=1S/C17H16N2/c1-3-7-14(8-4-1)11-12-16-13-17(19-18-16)15-9-5-2-6-10-15/h1-10,13H,11-12H2,(H,18,19). The Morgan fingerprint density at radius 2 is 1.47 bits per heavy atom. The van der Waals surface area contributed by atoms with E-state index in [0.717, 1.165) is 24.2 Å². The number of hydrogen-bond acceptors (Lipinski definition) is 1. The first-order valence-electron chi connectivity index (χ1n) is 6.55. The van der Waals surface area contributed by atoms with E-state index in [9.17, 15) is 0 Å². The summed E-state index contributed by atoms with van der Waals surface area (Å²) in [4.78, 5) is 0. The van der Waals surface area contributed by atoms with Crippen LogP contribution in [0.3, 0.4) is 0 Å². The molecule has 2 heteroatoms. The molecule has 94 valence electrons. The van der Waals surface area contributed by atoms with Crippen molar-refractivity contribution < 1.29 is 0 Å². The Labute approximate surface area is 113 Å². The molecule has 2 aromatic carbocycles. The highest BCUT2D eigenvalue weighted by atomic mass is 15.1. The molecule has 0 aliphatic carbocycles. The molecule has 0 aliphatic rings. The van der Waals surface area contributed by atoms with Crippen LogP contribution in [0.4, 0.5) is 0 Å². The summed E-state index contributed by atoms with van der Waals surface area (Å²) in [6.45, 7) is 0. The lowest BCUT2D eigenvalue weighted by molar-refractivity contribution is 0.893. The van der Waals surface area contributed by atoms with Crippen LogP contribution in [-0.4, -0.2) is 10.2 Å². The zero-order valence-corrected chi connectivity index (χ0v) is 10.7. The molecule has 2 nitrogen and oxygen atoms in total. The average Bonchev–Trinajstić information content (AvgIpc) is 2.96. The van der Waals surface area contributed by atoms with Crippen LogP contribution in [0.1, 0.15) is 11.3 Å². The van der Waals surface area contributed by atoms with E-state index in [4.69, 9.17) is 0 Å². The van der Waals surface area contributed by atoms with Crippen molar-refractivity contribution in [1.29, 1.82) is 0 Å². The predicted molar refractivity (Wildman–Crippen MR) is 77.9 cm³/mol. The van der Waals surface area contributed by atoms with Gasteiger partial charge in [-0.25, -0.2) is 0 Å². The lowest BCUT2D eigenvalue weighted by atomic mass is 10.1. The Morgan fingerprint density at radius 3 is 2.21 bits per heavy atom. The highest BCUT2D eigenvalue weighted by molar-refractivity contribution is 5.58. The summed E-state index contributed by atoms with van der Waals surface area (Å²) in [5.41, 5.74) is 4.74. The summed E-state index contributed by atoms with van der Waals surface area (Å²) in [6, 6.07) is 22.9. The molecule has 0 bridgehead atoms. The van der Waals surface area contributed by atoms with Crippen LogP contribution in [0.5, 0.6) is 0 Å². The predicted octanol–water partition coefficient (Wildman–Crippen LogP) is 3.86. The van der Waals surface area contributed by atoms with Crippen molar-refractivity contribution in [2.75, 3.05) is 0 Å². The molecule has 0 radical (unpaired) electrons. The van der Waals surface area contributed by atoms with Gasteiger partial charge >= 0.3 is 0 Å². The third-order valence-electron chi connectivity index (χ3n) is 3.23. The minimum Gasteiger partial charge on any atom is -0.278 e. The molecular formula is C17H16N2. The first-order chi connectivity index (χ1) is 9.42. The van der Waals surface area contributed by atoms with Gasteiger partial charge in [0.05, 0.1) is 11.4 Å². The smallest absolute Gasteiger partial charge is 0.0653 e. The van der Waals surface area contributed by atoms with Crippen LogP contribution < -0.4 is 0 Å². The Balaban J connectivity index is 1.69.